The molecule has 3 rings (SSSR count). The van der Waals surface area contributed by atoms with Gasteiger partial charge in [-0.3, -0.25) is 9.59 Å². The van der Waals surface area contributed by atoms with Crippen molar-refractivity contribution in [3.05, 3.63) is 46.1 Å². The van der Waals surface area contributed by atoms with Gasteiger partial charge in [0.2, 0.25) is 5.91 Å². The number of amides is 4. The van der Waals surface area contributed by atoms with Gasteiger partial charge in [-0.25, -0.2) is 9.80 Å². The van der Waals surface area contributed by atoms with E-state index in [1.807, 2.05) is 0 Å². The van der Waals surface area contributed by atoms with E-state index >= 15 is 0 Å². The minimum Gasteiger partial charge on any atom is -0.455 e. The van der Waals surface area contributed by atoms with Crippen LogP contribution in [-0.2, 0) is 9.59 Å². The SMILES string of the molecule is Cl.NCCCCCC(=O)N1C(=O)CN(N=Cc2ccc(-c3ccc(Cl)c(Cl)c3)o2)C1=O. The van der Waals surface area contributed by atoms with Crippen LogP contribution in [0, 0.1) is 0 Å². The third-order valence-electron chi connectivity index (χ3n) is 4.45. The molecule has 8 nitrogen and oxygen atoms in total. The molecule has 31 heavy (non-hydrogen) atoms. The van der Waals surface area contributed by atoms with Gasteiger partial charge in [0.25, 0.3) is 5.91 Å². The summed E-state index contributed by atoms with van der Waals surface area (Å²) in [6.45, 7) is 0.238. The van der Waals surface area contributed by atoms with Crippen molar-refractivity contribution < 1.29 is 18.8 Å². The first-order valence-corrected chi connectivity index (χ1v) is 10.1. The van der Waals surface area contributed by atoms with Gasteiger partial charge in [0.1, 0.15) is 18.1 Å². The van der Waals surface area contributed by atoms with Crippen LogP contribution >= 0.6 is 35.6 Å². The molecular formula is C20H21Cl3N4O4. The molecule has 0 spiro atoms. The lowest BCUT2D eigenvalue weighted by Gasteiger charge is -2.11. The van der Waals surface area contributed by atoms with Crippen LogP contribution < -0.4 is 5.73 Å². The maximum absolute atomic E-state index is 12.4. The summed E-state index contributed by atoms with van der Waals surface area (Å²) in [5.74, 6) is -0.229. The fourth-order valence-electron chi connectivity index (χ4n) is 2.89. The van der Waals surface area contributed by atoms with Gasteiger partial charge in [-0.2, -0.15) is 10.0 Å². The van der Waals surface area contributed by atoms with Crippen molar-refractivity contribution in [2.45, 2.75) is 25.7 Å². The number of nitrogens with two attached hydrogens (primary N) is 1. The van der Waals surface area contributed by atoms with E-state index in [4.69, 9.17) is 33.4 Å². The van der Waals surface area contributed by atoms with Crippen molar-refractivity contribution in [2.24, 2.45) is 10.8 Å². The number of hydrogen-bond donors (Lipinski definition) is 1. The van der Waals surface area contributed by atoms with Gasteiger partial charge < -0.3 is 10.2 Å². The number of halogens is 3. The van der Waals surface area contributed by atoms with E-state index in [-0.39, 0.29) is 25.4 Å². The van der Waals surface area contributed by atoms with Crippen molar-refractivity contribution >= 4 is 59.7 Å². The van der Waals surface area contributed by atoms with Crippen LogP contribution in [-0.4, -0.2) is 47.1 Å². The molecule has 2 heterocycles. The average molecular weight is 488 g/mol. The maximum atomic E-state index is 12.4. The number of furan rings is 1. The molecule has 166 valence electrons. The zero-order valence-corrected chi connectivity index (χ0v) is 18.8. The Bertz CT molecular complexity index is 993. The summed E-state index contributed by atoms with van der Waals surface area (Å²) in [7, 11) is 0. The Balaban J connectivity index is 0.00000341. The first kappa shape index (κ1) is 24.9. The molecule has 1 aromatic heterocycles. The van der Waals surface area contributed by atoms with Gasteiger partial charge in [0.05, 0.1) is 16.3 Å². The molecule has 0 aliphatic carbocycles. The lowest BCUT2D eigenvalue weighted by atomic mass is 10.2. The number of carbonyl (C=O) groups is 3. The Hall–Kier alpha value is -2.39. The Morgan fingerprint density at radius 2 is 1.90 bits per heavy atom. The number of benzene rings is 1. The van der Waals surface area contributed by atoms with Gasteiger partial charge in [0.15, 0.2) is 0 Å². The van der Waals surface area contributed by atoms with Gasteiger partial charge in [-0.15, -0.1) is 12.4 Å². The standard InChI is InChI=1S/C20H20Cl2N4O4.ClH/c21-15-7-5-13(10-16(15)22)17-8-6-14(30-17)11-24-25-12-19(28)26(20(25)29)18(27)4-2-1-3-9-23;/h5-8,10-11H,1-4,9,12,23H2;1H. The second-order valence-corrected chi connectivity index (χ2v) is 7.45. The monoisotopic (exact) mass is 486 g/mol. The first-order chi connectivity index (χ1) is 14.4. The van der Waals surface area contributed by atoms with Crippen LogP contribution in [0.1, 0.15) is 31.4 Å². The summed E-state index contributed by atoms with van der Waals surface area (Å²) >= 11 is 11.9. The highest BCUT2D eigenvalue weighted by molar-refractivity contribution is 6.42. The van der Waals surface area contributed by atoms with E-state index in [1.165, 1.54) is 6.21 Å². The maximum Gasteiger partial charge on any atom is 0.354 e. The van der Waals surface area contributed by atoms with Gasteiger partial charge in [-0.1, -0.05) is 29.6 Å². The van der Waals surface area contributed by atoms with Gasteiger partial charge >= 0.3 is 6.03 Å². The van der Waals surface area contributed by atoms with Crippen LogP contribution in [0.15, 0.2) is 39.9 Å². The normalized spacial score (nSPS) is 13.9. The Kier molecular flexibility index (Phi) is 9.06. The first-order valence-electron chi connectivity index (χ1n) is 9.37. The van der Waals surface area contributed by atoms with Crippen molar-refractivity contribution in [3.63, 3.8) is 0 Å². The molecule has 2 aromatic rings. The molecule has 4 amide bonds. The summed E-state index contributed by atoms with van der Waals surface area (Å²) in [5.41, 5.74) is 6.14. The van der Waals surface area contributed by atoms with E-state index in [0.717, 1.165) is 23.4 Å². The summed E-state index contributed by atoms with van der Waals surface area (Å²) in [6, 6.07) is 7.69. The highest BCUT2D eigenvalue weighted by Gasteiger charge is 2.40. The lowest BCUT2D eigenvalue weighted by molar-refractivity contribution is -0.138. The zero-order valence-electron chi connectivity index (χ0n) is 16.4. The largest absolute Gasteiger partial charge is 0.455 e. The Morgan fingerprint density at radius 1 is 1.13 bits per heavy atom. The third kappa shape index (κ3) is 6.07. The Morgan fingerprint density at radius 3 is 2.61 bits per heavy atom. The molecule has 2 N–H and O–H groups in total. The molecule has 1 aromatic carbocycles. The number of imide groups is 3. The van der Waals surface area contributed by atoms with Crippen molar-refractivity contribution in [3.8, 4) is 11.3 Å². The highest BCUT2D eigenvalue weighted by Crippen LogP contribution is 2.29. The minimum atomic E-state index is -0.767. The van der Waals surface area contributed by atoms with Gasteiger partial charge in [0, 0.05) is 12.0 Å². The molecule has 1 saturated heterocycles. The highest BCUT2D eigenvalue weighted by atomic mass is 35.5. The van der Waals surface area contributed by atoms with Crippen LogP contribution in [0.25, 0.3) is 11.3 Å². The molecule has 0 saturated carbocycles. The van der Waals surface area contributed by atoms with Crippen molar-refractivity contribution in [1.82, 2.24) is 9.91 Å². The molecule has 1 aliphatic rings. The fourth-order valence-corrected chi connectivity index (χ4v) is 3.19. The van der Waals surface area contributed by atoms with Gasteiger partial charge in [-0.05, 0) is 49.7 Å². The number of nitrogens with zero attached hydrogens (tertiary/aromatic N) is 3. The second-order valence-electron chi connectivity index (χ2n) is 6.64. The number of unbranched alkanes of at least 4 members (excludes halogenated alkanes) is 2. The van der Waals surface area contributed by atoms with Crippen LogP contribution in [0.5, 0.6) is 0 Å². The predicted octanol–water partition coefficient (Wildman–Crippen LogP) is 4.32. The summed E-state index contributed by atoms with van der Waals surface area (Å²) in [6.07, 6.45) is 3.54. The van der Waals surface area contributed by atoms with Crippen LogP contribution in [0.4, 0.5) is 4.79 Å². The molecule has 0 unspecified atom stereocenters. The molecule has 0 bridgehead atoms. The van der Waals surface area contributed by atoms with Crippen molar-refractivity contribution in [1.29, 1.82) is 0 Å². The molecule has 0 atom stereocenters. The third-order valence-corrected chi connectivity index (χ3v) is 5.18. The van der Waals surface area contributed by atoms with E-state index < -0.39 is 17.8 Å². The lowest BCUT2D eigenvalue weighted by Crippen LogP contribution is -2.37. The molecular weight excluding hydrogens is 467 g/mol. The van der Waals surface area contributed by atoms with Crippen LogP contribution in [0.2, 0.25) is 10.0 Å². The number of hydrazone groups is 1. The number of urea groups is 1. The topological polar surface area (TPSA) is 109 Å². The minimum absolute atomic E-state index is 0. The van der Waals surface area contributed by atoms with E-state index in [1.54, 1.807) is 30.3 Å². The van der Waals surface area contributed by atoms with E-state index in [2.05, 4.69) is 5.10 Å². The summed E-state index contributed by atoms with van der Waals surface area (Å²) < 4.78 is 5.67. The average Bonchev–Trinajstić information content (AvgIpc) is 3.30. The molecule has 0 radical (unpaired) electrons. The number of hydrogen-bond acceptors (Lipinski definition) is 6. The molecule has 11 heteroatoms. The number of carbonyl (C=O) groups excluding carboxylic acids is 3. The number of rotatable bonds is 8. The second kappa shape index (κ2) is 11.3. The van der Waals surface area contributed by atoms with E-state index in [0.29, 0.717) is 39.4 Å². The van der Waals surface area contributed by atoms with E-state index in [9.17, 15) is 14.4 Å². The predicted molar refractivity (Wildman–Crippen MR) is 120 cm³/mol. The smallest absolute Gasteiger partial charge is 0.354 e. The summed E-state index contributed by atoms with van der Waals surface area (Å²) in [5, 5.41) is 5.76. The molecule has 1 aliphatic heterocycles. The molecule has 1 fully saturated rings. The fraction of sp³-hybridized carbons (Fsp3) is 0.300. The summed E-state index contributed by atoms with van der Waals surface area (Å²) in [4.78, 5) is 37.3. The quantitative estimate of drug-likeness (QED) is 0.339. The Labute approximate surface area is 195 Å². The van der Waals surface area contributed by atoms with Crippen LogP contribution in [0.3, 0.4) is 0 Å². The zero-order chi connectivity index (χ0) is 21.7. The van der Waals surface area contributed by atoms with Crippen molar-refractivity contribution in [2.75, 3.05) is 13.1 Å².